The van der Waals surface area contributed by atoms with Gasteiger partial charge in [0.05, 0.1) is 12.9 Å². The van der Waals surface area contributed by atoms with Crippen LogP contribution in [0.25, 0.3) is 0 Å². The first-order valence-electron chi connectivity index (χ1n) is 10.3. The number of carboxylic acid groups (broad SMARTS) is 1. The Labute approximate surface area is 187 Å². The average Bonchev–Trinajstić information content (AvgIpc) is 3.00. The van der Waals surface area contributed by atoms with E-state index in [4.69, 9.17) is 0 Å². The lowest BCUT2D eigenvalue weighted by Gasteiger charge is -2.42. The minimum Gasteiger partial charge on any atom is -0.465 e. The van der Waals surface area contributed by atoms with E-state index in [9.17, 15) is 23.1 Å². The van der Waals surface area contributed by atoms with Crippen LogP contribution in [0.15, 0.2) is 54.6 Å². The van der Waals surface area contributed by atoms with Crippen molar-refractivity contribution in [1.82, 2.24) is 9.80 Å². The Morgan fingerprint density at radius 2 is 1.78 bits per heavy atom. The SMILES string of the molecule is CS(=O)(=O)Nc1cccc(CN2CN(c3ccccc3)C3(CCN(C(=O)O)CC3)C2=O)c1. The number of hydrogen-bond donors (Lipinski definition) is 2. The van der Waals surface area contributed by atoms with E-state index in [1.807, 2.05) is 36.4 Å². The molecular weight excluding hydrogens is 432 g/mol. The monoisotopic (exact) mass is 458 g/mol. The highest BCUT2D eigenvalue weighted by Crippen LogP contribution is 2.40. The molecule has 10 heteroatoms. The van der Waals surface area contributed by atoms with Crippen LogP contribution < -0.4 is 9.62 Å². The van der Waals surface area contributed by atoms with Crippen molar-refractivity contribution in [1.29, 1.82) is 0 Å². The number of sulfonamides is 1. The van der Waals surface area contributed by atoms with Gasteiger partial charge in [-0.3, -0.25) is 9.52 Å². The molecule has 2 fully saturated rings. The highest BCUT2D eigenvalue weighted by atomic mass is 32.2. The van der Waals surface area contributed by atoms with Crippen LogP contribution in [0.2, 0.25) is 0 Å². The molecule has 2 amide bonds. The first-order chi connectivity index (χ1) is 15.2. The van der Waals surface area contributed by atoms with Gasteiger partial charge in [-0.15, -0.1) is 0 Å². The molecule has 1 spiro atoms. The van der Waals surface area contributed by atoms with Gasteiger partial charge in [0.15, 0.2) is 0 Å². The van der Waals surface area contributed by atoms with Gasteiger partial charge in [-0.1, -0.05) is 30.3 Å². The summed E-state index contributed by atoms with van der Waals surface area (Å²) >= 11 is 0. The summed E-state index contributed by atoms with van der Waals surface area (Å²) in [5.41, 5.74) is 1.37. The third-order valence-corrected chi connectivity index (χ3v) is 6.65. The van der Waals surface area contributed by atoms with E-state index in [1.54, 1.807) is 23.1 Å². The van der Waals surface area contributed by atoms with Gasteiger partial charge in [0.1, 0.15) is 5.54 Å². The maximum absolute atomic E-state index is 13.7. The molecule has 0 radical (unpaired) electrons. The third kappa shape index (κ3) is 4.36. The number of carbonyl (C=O) groups excluding carboxylic acids is 1. The van der Waals surface area contributed by atoms with Gasteiger partial charge in [0, 0.05) is 31.0 Å². The molecular formula is C22H26N4O5S. The predicted molar refractivity (Wildman–Crippen MR) is 121 cm³/mol. The second-order valence-electron chi connectivity index (χ2n) is 8.28. The Kier molecular flexibility index (Phi) is 5.72. The molecule has 4 rings (SSSR count). The number of rotatable bonds is 5. The summed E-state index contributed by atoms with van der Waals surface area (Å²) < 4.78 is 25.6. The molecule has 2 saturated heterocycles. The number of likely N-dealkylation sites (tertiary alicyclic amines) is 1. The van der Waals surface area contributed by atoms with E-state index in [2.05, 4.69) is 9.62 Å². The summed E-state index contributed by atoms with van der Waals surface area (Å²) in [7, 11) is -3.40. The maximum Gasteiger partial charge on any atom is 0.407 e. The summed E-state index contributed by atoms with van der Waals surface area (Å²) in [5.74, 6) is -0.0344. The van der Waals surface area contributed by atoms with Crippen LogP contribution in [-0.4, -0.2) is 66.9 Å². The van der Waals surface area contributed by atoms with Crippen molar-refractivity contribution < 1.29 is 23.1 Å². The van der Waals surface area contributed by atoms with Crippen LogP contribution in [-0.2, 0) is 21.4 Å². The van der Waals surface area contributed by atoms with Gasteiger partial charge in [-0.25, -0.2) is 13.2 Å². The minimum absolute atomic E-state index is 0.0344. The fourth-order valence-electron chi connectivity index (χ4n) is 4.56. The minimum atomic E-state index is -3.40. The summed E-state index contributed by atoms with van der Waals surface area (Å²) in [6, 6.07) is 16.7. The van der Waals surface area contributed by atoms with Gasteiger partial charge in [0.25, 0.3) is 0 Å². The molecule has 2 aliphatic heterocycles. The Bertz CT molecular complexity index is 1110. The highest BCUT2D eigenvalue weighted by molar-refractivity contribution is 7.92. The maximum atomic E-state index is 13.7. The number of hydrogen-bond acceptors (Lipinski definition) is 5. The lowest BCUT2D eigenvalue weighted by atomic mass is 9.85. The van der Waals surface area contributed by atoms with Crippen molar-refractivity contribution in [2.45, 2.75) is 24.9 Å². The van der Waals surface area contributed by atoms with Crippen LogP contribution >= 0.6 is 0 Å². The van der Waals surface area contributed by atoms with Crippen molar-refractivity contribution in [2.75, 3.05) is 35.6 Å². The number of anilines is 2. The highest BCUT2D eigenvalue weighted by Gasteiger charge is 2.54. The fourth-order valence-corrected chi connectivity index (χ4v) is 5.11. The predicted octanol–water partition coefficient (Wildman–Crippen LogP) is 2.38. The summed E-state index contributed by atoms with van der Waals surface area (Å²) in [6.45, 7) is 1.30. The summed E-state index contributed by atoms with van der Waals surface area (Å²) in [6.07, 6.45) is 0.955. The van der Waals surface area contributed by atoms with E-state index in [1.165, 1.54) is 4.90 Å². The summed E-state index contributed by atoms with van der Waals surface area (Å²) in [5, 5.41) is 9.34. The van der Waals surface area contributed by atoms with Gasteiger partial charge in [-0.2, -0.15) is 0 Å². The average molecular weight is 459 g/mol. The van der Waals surface area contributed by atoms with Crippen LogP contribution in [0.5, 0.6) is 0 Å². The summed E-state index contributed by atoms with van der Waals surface area (Å²) in [4.78, 5) is 30.2. The molecule has 2 aliphatic rings. The Balaban J connectivity index is 1.61. The lowest BCUT2D eigenvalue weighted by Crippen LogP contribution is -2.57. The number of nitrogens with zero attached hydrogens (tertiary/aromatic N) is 3. The quantitative estimate of drug-likeness (QED) is 0.712. The molecule has 2 N–H and O–H groups in total. The molecule has 0 saturated carbocycles. The Hall–Kier alpha value is -3.27. The third-order valence-electron chi connectivity index (χ3n) is 6.05. The number of nitrogens with one attached hydrogen (secondary N) is 1. The van der Waals surface area contributed by atoms with E-state index >= 15 is 0 Å². The first-order valence-corrected chi connectivity index (χ1v) is 12.2. The second-order valence-corrected chi connectivity index (χ2v) is 10.0. The topological polar surface area (TPSA) is 110 Å². The molecule has 0 unspecified atom stereocenters. The molecule has 2 heterocycles. The van der Waals surface area contributed by atoms with E-state index in [0.29, 0.717) is 44.8 Å². The zero-order valence-electron chi connectivity index (χ0n) is 17.8. The molecule has 0 aliphatic carbocycles. The number of piperidine rings is 1. The molecule has 0 aromatic heterocycles. The normalized spacial score (nSPS) is 18.3. The fraction of sp³-hybridized carbons (Fsp3) is 0.364. The van der Waals surface area contributed by atoms with E-state index in [0.717, 1.165) is 17.5 Å². The standard InChI is InChI=1S/C22H26N4O5S/c1-32(30,31)23-18-7-5-6-17(14-18)15-25-16-26(19-8-3-2-4-9-19)22(20(25)27)10-12-24(13-11-22)21(28)29/h2-9,14,23H,10-13,15-16H2,1H3,(H,28,29). The molecule has 2 aromatic carbocycles. The number of carbonyl (C=O) groups is 2. The van der Waals surface area contributed by atoms with Gasteiger partial charge in [-0.05, 0) is 42.7 Å². The largest absolute Gasteiger partial charge is 0.465 e. The van der Waals surface area contributed by atoms with Crippen LogP contribution in [0, 0.1) is 0 Å². The van der Waals surface area contributed by atoms with Crippen LogP contribution in [0.4, 0.5) is 16.2 Å². The second kappa shape index (κ2) is 8.34. The number of benzene rings is 2. The smallest absolute Gasteiger partial charge is 0.407 e. The van der Waals surface area contributed by atoms with Crippen molar-refractivity contribution in [3.05, 3.63) is 60.2 Å². The van der Waals surface area contributed by atoms with Crippen LogP contribution in [0.3, 0.4) is 0 Å². The van der Waals surface area contributed by atoms with Crippen molar-refractivity contribution >= 4 is 33.4 Å². The number of para-hydroxylation sites is 1. The van der Waals surface area contributed by atoms with E-state index < -0.39 is 21.7 Å². The molecule has 32 heavy (non-hydrogen) atoms. The van der Waals surface area contributed by atoms with E-state index in [-0.39, 0.29) is 5.91 Å². The zero-order valence-corrected chi connectivity index (χ0v) is 18.6. The van der Waals surface area contributed by atoms with Crippen molar-refractivity contribution in [3.63, 3.8) is 0 Å². The Morgan fingerprint density at radius 1 is 1.09 bits per heavy atom. The lowest BCUT2D eigenvalue weighted by molar-refractivity contribution is -0.134. The van der Waals surface area contributed by atoms with Crippen LogP contribution in [0.1, 0.15) is 18.4 Å². The first kappa shape index (κ1) is 21.9. The zero-order chi connectivity index (χ0) is 22.9. The van der Waals surface area contributed by atoms with Crippen molar-refractivity contribution in [2.24, 2.45) is 0 Å². The van der Waals surface area contributed by atoms with Gasteiger partial charge in [0.2, 0.25) is 15.9 Å². The molecule has 0 bridgehead atoms. The molecule has 2 aromatic rings. The molecule has 0 atom stereocenters. The van der Waals surface area contributed by atoms with Gasteiger partial charge < -0.3 is 19.8 Å². The molecule has 9 nitrogen and oxygen atoms in total. The van der Waals surface area contributed by atoms with Gasteiger partial charge >= 0.3 is 6.09 Å². The molecule has 170 valence electrons. The number of amides is 2. The van der Waals surface area contributed by atoms with Crippen molar-refractivity contribution in [3.8, 4) is 0 Å². The Morgan fingerprint density at radius 3 is 2.41 bits per heavy atom.